The van der Waals surface area contributed by atoms with Gasteiger partial charge < -0.3 is 5.32 Å². The van der Waals surface area contributed by atoms with E-state index in [0.717, 1.165) is 24.0 Å². The first-order chi connectivity index (χ1) is 15.7. The number of nitrogens with zero attached hydrogens (tertiary/aromatic N) is 4. The van der Waals surface area contributed by atoms with E-state index in [-0.39, 0.29) is 23.3 Å². The second-order valence-corrected chi connectivity index (χ2v) is 9.10. The maximum atomic E-state index is 13.3. The molecular formula is C24H25N5O2S. The number of fused-ring (bicyclic) bond motifs is 3. The van der Waals surface area contributed by atoms with Crippen molar-refractivity contribution in [1.29, 1.82) is 0 Å². The zero-order valence-corrected chi connectivity index (χ0v) is 18.6. The third-order valence-corrected chi connectivity index (χ3v) is 6.89. The van der Waals surface area contributed by atoms with Gasteiger partial charge in [0.05, 0.1) is 22.3 Å². The first-order valence-electron chi connectivity index (χ1n) is 11.1. The minimum Gasteiger partial charge on any atom is -0.353 e. The van der Waals surface area contributed by atoms with Crippen molar-refractivity contribution in [3.05, 3.63) is 65.0 Å². The maximum Gasteiger partial charge on any atom is 0.267 e. The smallest absolute Gasteiger partial charge is 0.267 e. The molecule has 32 heavy (non-hydrogen) atoms. The van der Waals surface area contributed by atoms with Crippen molar-refractivity contribution in [3.63, 3.8) is 0 Å². The summed E-state index contributed by atoms with van der Waals surface area (Å²) < 4.78 is 3.44. The van der Waals surface area contributed by atoms with Crippen molar-refractivity contribution in [2.75, 3.05) is 5.75 Å². The summed E-state index contributed by atoms with van der Waals surface area (Å²) in [5.41, 5.74) is 1.31. The van der Waals surface area contributed by atoms with E-state index in [1.54, 1.807) is 4.57 Å². The number of carbonyl (C=O) groups is 1. The van der Waals surface area contributed by atoms with Crippen LogP contribution >= 0.6 is 11.8 Å². The molecule has 1 aliphatic carbocycles. The summed E-state index contributed by atoms with van der Waals surface area (Å²) in [6.07, 6.45) is 6.97. The van der Waals surface area contributed by atoms with E-state index >= 15 is 0 Å². The summed E-state index contributed by atoms with van der Waals surface area (Å²) >= 11 is 1.34. The molecule has 0 atom stereocenters. The van der Waals surface area contributed by atoms with Crippen LogP contribution in [-0.2, 0) is 4.79 Å². The molecule has 1 amide bonds. The standard InChI is InChI=1S/C24H25N5O2S/c30-21(25-17-10-4-1-2-5-11-17)16-32-24-27-26-23-28(18-12-6-3-7-13-18)22(31)19-14-8-9-15-20(19)29(23)24/h3,6-9,12-15,17H,1-2,4-5,10-11,16H2,(H,25,30). The minimum atomic E-state index is -0.144. The summed E-state index contributed by atoms with van der Waals surface area (Å²) in [5, 5.41) is 13.0. The molecule has 7 nitrogen and oxygen atoms in total. The maximum absolute atomic E-state index is 13.3. The van der Waals surface area contributed by atoms with E-state index in [9.17, 15) is 9.59 Å². The quantitative estimate of drug-likeness (QED) is 0.370. The lowest BCUT2D eigenvalue weighted by molar-refractivity contribution is -0.119. The molecule has 1 fully saturated rings. The Balaban J connectivity index is 1.49. The molecule has 2 aromatic heterocycles. The predicted octanol–water partition coefficient (Wildman–Crippen LogP) is 3.96. The lowest BCUT2D eigenvalue weighted by atomic mass is 10.1. The Bertz CT molecular complexity index is 1310. The molecule has 4 aromatic rings. The Hall–Kier alpha value is -3.13. The fourth-order valence-corrected chi connectivity index (χ4v) is 5.16. The molecule has 1 N–H and O–H groups in total. The zero-order chi connectivity index (χ0) is 21.9. The average molecular weight is 448 g/mol. The first kappa shape index (κ1) is 20.8. The van der Waals surface area contributed by atoms with E-state index in [2.05, 4.69) is 15.5 Å². The molecule has 0 radical (unpaired) electrons. The van der Waals surface area contributed by atoms with Crippen molar-refractivity contribution in [2.45, 2.75) is 49.7 Å². The molecule has 1 aliphatic rings. The van der Waals surface area contributed by atoms with Gasteiger partial charge in [-0.1, -0.05) is 67.8 Å². The Morgan fingerprint density at radius 3 is 2.47 bits per heavy atom. The molecule has 164 valence electrons. The van der Waals surface area contributed by atoms with Gasteiger partial charge >= 0.3 is 0 Å². The highest BCUT2D eigenvalue weighted by molar-refractivity contribution is 7.99. The Kier molecular flexibility index (Phi) is 5.94. The Morgan fingerprint density at radius 2 is 1.69 bits per heavy atom. The number of benzene rings is 2. The molecule has 5 rings (SSSR count). The van der Waals surface area contributed by atoms with E-state index in [1.165, 1.54) is 37.4 Å². The highest BCUT2D eigenvalue weighted by atomic mass is 32.2. The monoisotopic (exact) mass is 447 g/mol. The largest absolute Gasteiger partial charge is 0.353 e. The van der Waals surface area contributed by atoms with Gasteiger partial charge in [-0.05, 0) is 37.1 Å². The molecule has 0 spiro atoms. The van der Waals surface area contributed by atoms with Gasteiger partial charge in [-0.25, -0.2) is 4.57 Å². The number of para-hydroxylation sites is 2. The Labute approximate surface area is 189 Å². The number of amides is 1. The molecular weight excluding hydrogens is 422 g/mol. The summed E-state index contributed by atoms with van der Waals surface area (Å²) in [7, 11) is 0. The van der Waals surface area contributed by atoms with Gasteiger partial charge in [0.2, 0.25) is 11.7 Å². The molecule has 8 heteroatoms. The molecule has 0 saturated heterocycles. The summed E-state index contributed by atoms with van der Waals surface area (Å²) in [6.45, 7) is 0. The van der Waals surface area contributed by atoms with Gasteiger partial charge in [-0.3, -0.25) is 14.0 Å². The van der Waals surface area contributed by atoms with Crippen LogP contribution in [0.1, 0.15) is 38.5 Å². The van der Waals surface area contributed by atoms with Crippen LogP contribution in [0.25, 0.3) is 22.4 Å². The summed E-state index contributed by atoms with van der Waals surface area (Å²) in [4.78, 5) is 25.9. The molecule has 0 bridgehead atoms. The van der Waals surface area contributed by atoms with Crippen molar-refractivity contribution in [1.82, 2.24) is 24.5 Å². The predicted molar refractivity (Wildman–Crippen MR) is 126 cm³/mol. The van der Waals surface area contributed by atoms with Gasteiger partial charge in [-0.15, -0.1) is 10.2 Å². The number of nitrogens with one attached hydrogen (secondary N) is 1. The third kappa shape index (κ3) is 4.02. The lowest BCUT2D eigenvalue weighted by Gasteiger charge is -2.16. The first-order valence-corrected chi connectivity index (χ1v) is 12.1. The summed E-state index contributed by atoms with van der Waals surface area (Å²) in [6, 6.07) is 17.1. The number of hydrogen-bond donors (Lipinski definition) is 1. The normalized spacial score (nSPS) is 15.1. The lowest BCUT2D eigenvalue weighted by Crippen LogP contribution is -2.35. The van der Waals surface area contributed by atoms with Crippen molar-refractivity contribution in [2.24, 2.45) is 0 Å². The van der Waals surface area contributed by atoms with Crippen LogP contribution in [0.3, 0.4) is 0 Å². The van der Waals surface area contributed by atoms with Crippen molar-refractivity contribution in [3.8, 4) is 5.69 Å². The topological polar surface area (TPSA) is 81.3 Å². The van der Waals surface area contributed by atoms with Gasteiger partial charge in [0.25, 0.3) is 5.56 Å². The molecule has 2 aromatic carbocycles. The highest BCUT2D eigenvalue weighted by Gasteiger charge is 2.19. The second-order valence-electron chi connectivity index (χ2n) is 8.16. The Morgan fingerprint density at radius 1 is 0.969 bits per heavy atom. The fourth-order valence-electron chi connectivity index (χ4n) is 4.41. The van der Waals surface area contributed by atoms with Crippen LogP contribution in [0.2, 0.25) is 0 Å². The number of carbonyl (C=O) groups excluding carboxylic acids is 1. The summed E-state index contributed by atoms with van der Waals surface area (Å²) in [5.74, 6) is 0.710. The molecule has 0 unspecified atom stereocenters. The van der Waals surface area contributed by atoms with Crippen LogP contribution in [-0.4, -0.2) is 36.9 Å². The molecule has 2 heterocycles. The van der Waals surface area contributed by atoms with Gasteiger partial charge in [0.15, 0.2) is 5.16 Å². The van der Waals surface area contributed by atoms with Gasteiger partial charge in [0.1, 0.15) is 0 Å². The van der Waals surface area contributed by atoms with Crippen LogP contribution in [0.15, 0.2) is 64.5 Å². The second kappa shape index (κ2) is 9.16. The van der Waals surface area contributed by atoms with Gasteiger partial charge in [0, 0.05) is 6.04 Å². The van der Waals surface area contributed by atoms with Crippen LogP contribution < -0.4 is 10.9 Å². The highest BCUT2D eigenvalue weighted by Crippen LogP contribution is 2.23. The number of rotatable bonds is 5. The van der Waals surface area contributed by atoms with Crippen LogP contribution in [0, 0.1) is 0 Å². The third-order valence-electron chi connectivity index (χ3n) is 5.96. The molecule has 1 saturated carbocycles. The number of hydrogen-bond acceptors (Lipinski definition) is 5. The van der Waals surface area contributed by atoms with Crippen molar-refractivity contribution >= 4 is 34.3 Å². The van der Waals surface area contributed by atoms with Crippen molar-refractivity contribution < 1.29 is 4.79 Å². The SMILES string of the molecule is O=C(CSc1nnc2n(-c3ccccc3)c(=O)c3ccccc3n12)NC1CCCCCC1. The minimum absolute atomic E-state index is 0.0133. The van der Waals surface area contributed by atoms with E-state index in [0.29, 0.717) is 16.3 Å². The zero-order valence-electron chi connectivity index (χ0n) is 17.7. The van der Waals surface area contributed by atoms with Crippen LogP contribution in [0.5, 0.6) is 0 Å². The van der Waals surface area contributed by atoms with E-state index < -0.39 is 0 Å². The van der Waals surface area contributed by atoms with Crippen LogP contribution in [0.4, 0.5) is 0 Å². The average Bonchev–Trinajstić information content (AvgIpc) is 3.07. The number of thioether (sulfide) groups is 1. The number of aromatic nitrogens is 4. The van der Waals surface area contributed by atoms with E-state index in [1.807, 2.05) is 59.0 Å². The fraction of sp³-hybridized carbons (Fsp3) is 0.333. The van der Waals surface area contributed by atoms with Gasteiger partial charge in [-0.2, -0.15) is 0 Å². The van der Waals surface area contributed by atoms with E-state index in [4.69, 9.17) is 0 Å². The molecule has 0 aliphatic heterocycles.